The Bertz CT molecular complexity index is 1640. The number of carbonyl (C=O) groups excluding carboxylic acids is 1. The fraction of sp³-hybridized carbons (Fsp3) is 0.345. The van der Waals surface area contributed by atoms with Gasteiger partial charge in [-0.1, -0.05) is 18.2 Å². The Morgan fingerprint density at radius 1 is 1.02 bits per heavy atom. The van der Waals surface area contributed by atoms with E-state index in [9.17, 15) is 17.6 Å². The number of sulfone groups is 1. The van der Waals surface area contributed by atoms with Crippen molar-refractivity contribution in [3.63, 3.8) is 0 Å². The molecule has 0 spiro atoms. The van der Waals surface area contributed by atoms with E-state index in [1.807, 2.05) is 0 Å². The summed E-state index contributed by atoms with van der Waals surface area (Å²) < 4.78 is 60.3. The van der Waals surface area contributed by atoms with Crippen LogP contribution in [0.3, 0.4) is 0 Å². The van der Waals surface area contributed by atoms with Crippen molar-refractivity contribution in [1.29, 1.82) is 0 Å². The quantitative estimate of drug-likeness (QED) is 0.302. The Morgan fingerprint density at radius 3 is 2.29 bits per heavy atom. The maximum atomic E-state index is 14.0. The van der Waals surface area contributed by atoms with Crippen molar-refractivity contribution in [3.8, 4) is 28.8 Å². The standard InChI is InChI=1S/C29H31FN4O6S/c1-18-8-13-26(40-18)29-32-31-27(34(29)28-24(38-3)6-5-7-25(28)39-4)17-41(36,37)23-14-21(15-33(16-23)19(2)35)20-9-11-22(30)12-10-20/h5-13,21,23H,14-17H2,1-4H3/t21-,23-/m1/s1. The third-order valence-electron chi connectivity index (χ3n) is 7.35. The molecule has 5 rings (SSSR count). The number of furan rings is 1. The zero-order valence-electron chi connectivity index (χ0n) is 23.2. The molecule has 12 heteroatoms. The van der Waals surface area contributed by atoms with Gasteiger partial charge >= 0.3 is 0 Å². The predicted molar refractivity (Wildman–Crippen MR) is 149 cm³/mol. The number of benzene rings is 2. The molecule has 0 radical (unpaired) electrons. The molecule has 10 nitrogen and oxygen atoms in total. The molecule has 216 valence electrons. The minimum Gasteiger partial charge on any atom is -0.494 e. The van der Waals surface area contributed by atoms with Crippen molar-refractivity contribution >= 4 is 15.7 Å². The molecule has 0 saturated carbocycles. The lowest BCUT2D eigenvalue weighted by molar-refractivity contribution is -0.129. The van der Waals surface area contributed by atoms with E-state index in [1.54, 1.807) is 54.0 Å². The number of methoxy groups -OCH3 is 2. The summed E-state index contributed by atoms with van der Waals surface area (Å²) in [5, 5.41) is 7.72. The number of aryl methyl sites for hydroxylation is 1. The fourth-order valence-corrected chi connectivity index (χ4v) is 6.97. The van der Waals surface area contributed by atoms with Gasteiger partial charge in [0.1, 0.15) is 34.5 Å². The largest absolute Gasteiger partial charge is 0.494 e. The highest BCUT2D eigenvalue weighted by molar-refractivity contribution is 7.91. The molecular weight excluding hydrogens is 551 g/mol. The molecule has 0 unspecified atom stereocenters. The molecule has 1 aliphatic rings. The average Bonchev–Trinajstić information content (AvgIpc) is 3.57. The normalized spacial score (nSPS) is 17.4. The highest BCUT2D eigenvalue weighted by atomic mass is 32.2. The molecule has 2 aromatic heterocycles. The zero-order chi connectivity index (χ0) is 29.3. The molecule has 1 fully saturated rings. The Morgan fingerprint density at radius 2 is 1.71 bits per heavy atom. The van der Waals surface area contributed by atoms with Crippen molar-refractivity contribution in [2.75, 3.05) is 27.3 Å². The smallest absolute Gasteiger partial charge is 0.219 e. The second-order valence-corrected chi connectivity index (χ2v) is 12.3. The molecule has 0 aliphatic carbocycles. The Balaban J connectivity index is 1.57. The van der Waals surface area contributed by atoms with Gasteiger partial charge in [-0.25, -0.2) is 12.8 Å². The maximum Gasteiger partial charge on any atom is 0.219 e. The molecule has 2 aromatic carbocycles. The van der Waals surface area contributed by atoms with Crippen LogP contribution in [0.5, 0.6) is 11.5 Å². The lowest BCUT2D eigenvalue weighted by Gasteiger charge is -2.37. The van der Waals surface area contributed by atoms with Crippen LogP contribution < -0.4 is 9.47 Å². The number of amides is 1. The van der Waals surface area contributed by atoms with Gasteiger partial charge in [0, 0.05) is 25.9 Å². The summed E-state index contributed by atoms with van der Waals surface area (Å²) in [5.41, 5.74) is 1.20. The number of para-hydroxylation sites is 1. The number of ether oxygens (including phenoxy) is 2. The van der Waals surface area contributed by atoms with Crippen LogP contribution in [0.25, 0.3) is 17.3 Å². The first-order chi connectivity index (χ1) is 19.6. The second kappa shape index (κ2) is 11.4. The van der Waals surface area contributed by atoms with Gasteiger partial charge in [-0.2, -0.15) is 0 Å². The summed E-state index contributed by atoms with van der Waals surface area (Å²) in [6, 6.07) is 14.7. The minimum absolute atomic E-state index is 0.0473. The molecule has 0 N–H and O–H groups in total. The van der Waals surface area contributed by atoms with Crippen molar-refractivity contribution in [2.24, 2.45) is 0 Å². The first-order valence-corrected chi connectivity index (χ1v) is 14.8. The number of aromatic nitrogens is 3. The molecule has 0 bridgehead atoms. The van der Waals surface area contributed by atoms with Crippen LogP contribution in [-0.2, 0) is 20.4 Å². The van der Waals surface area contributed by atoms with Gasteiger partial charge < -0.3 is 18.8 Å². The lowest BCUT2D eigenvalue weighted by Crippen LogP contribution is -2.47. The number of rotatable bonds is 8. The molecule has 41 heavy (non-hydrogen) atoms. The maximum absolute atomic E-state index is 14.0. The highest BCUT2D eigenvalue weighted by Crippen LogP contribution is 2.38. The van der Waals surface area contributed by atoms with E-state index in [0.717, 1.165) is 5.56 Å². The third kappa shape index (κ3) is 5.69. The number of likely N-dealkylation sites (tertiary alicyclic amines) is 1. The van der Waals surface area contributed by atoms with E-state index < -0.39 is 20.8 Å². The van der Waals surface area contributed by atoms with Gasteiger partial charge in [0.25, 0.3) is 0 Å². The summed E-state index contributed by atoms with van der Waals surface area (Å²) >= 11 is 0. The lowest BCUT2D eigenvalue weighted by atomic mass is 9.90. The van der Waals surface area contributed by atoms with Crippen molar-refractivity contribution in [2.45, 2.75) is 37.2 Å². The molecule has 2 atom stereocenters. The number of hydrogen-bond acceptors (Lipinski definition) is 8. The average molecular weight is 583 g/mol. The summed E-state index contributed by atoms with van der Waals surface area (Å²) in [4.78, 5) is 13.9. The van der Waals surface area contributed by atoms with Gasteiger partial charge in [-0.05, 0) is 55.3 Å². The number of piperidine rings is 1. The topological polar surface area (TPSA) is 117 Å². The number of nitrogens with zero attached hydrogens (tertiary/aromatic N) is 4. The van der Waals surface area contributed by atoms with E-state index in [1.165, 1.54) is 38.2 Å². The van der Waals surface area contributed by atoms with Crippen LogP contribution in [-0.4, -0.2) is 66.5 Å². The first-order valence-electron chi connectivity index (χ1n) is 13.1. The van der Waals surface area contributed by atoms with E-state index in [4.69, 9.17) is 13.9 Å². The van der Waals surface area contributed by atoms with E-state index >= 15 is 0 Å². The number of carbonyl (C=O) groups is 1. The van der Waals surface area contributed by atoms with Gasteiger partial charge in [0.2, 0.25) is 11.7 Å². The first kappa shape index (κ1) is 28.3. The number of halogens is 1. The Labute approximate surface area is 237 Å². The van der Waals surface area contributed by atoms with Gasteiger partial charge in [-0.15, -0.1) is 10.2 Å². The van der Waals surface area contributed by atoms with Crippen LogP contribution in [0, 0.1) is 12.7 Å². The molecule has 1 amide bonds. The molecule has 1 saturated heterocycles. The van der Waals surface area contributed by atoms with E-state index in [-0.39, 0.29) is 42.3 Å². The molecular formula is C29H31FN4O6S. The summed E-state index contributed by atoms with van der Waals surface area (Å²) in [5.74, 6) is 0.945. The second-order valence-electron chi connectivity index (χ2n) is 10.0. The van der Waals surface area contributed by atoms with Gasteiger partial charge in [-0.3, -0.25) is 9.36 Å². The van der Waals surface area contributed by atoms with Crippen LogP contribution in [0.2, 0.25) is 0 Å². The van der Waals surface area contributed by atoms with Gasteiger partial charge in [0.15, 0.2) is 21.4 Å². The predicted octanol–water partition coefficient (Wildman–Crippen LogP) is 4.31. The monoisotopic (exact) mass is 582 g/mol. The summed E-state index contributed by atoms with van der Waals surface area (Å²) in [6.07, 6.45) is 0.272. The van der Waals surface area contributed by atoms with Crippen molar-refractivity contribution < 1.29 is 31.5 Å². The van der Waals surface area contributed by atoms with Crippen LogP contribution >= 0.6 is 0 Å². The van der Waals surface area contributed by atoms with Crippen LogP contribution in [0.15, 0.2) is 59.0 Å². The van der Waals surface area contributed by atoms with E-state index in [2.05, 4.69) is 10.2 Å². The van der Waals surface area contributed by atoms with E-state index in [0.29, 0.717) is 35.3 Å². The van der Waals surface area contributed by atoms with Crippen LogP contribution in [0.1, 0.15) is 36.4 Å². The van der Waals surface area contributed by atoms with Crippen molar-refractivity contribution in [1.82, 2.24) is 19.7 Å². The summed E-state index contributed by atoms with van der Waals surface area (Å²) in [7, 11) is -0.881. The Kier molecular flexibility index (Phi) is 7.85. The van der Waals surface area contributed by atoms with Gasteiger partial charge in [0.05, 0.1) is 19.5 Å². The van der Waals surface area contributed by atoms with Crippen LogP contribution in [0.4, 0.5) is 4.39 Å². The van der Waals surface area contributed by atoms with Crippen molar-refractivity contribution in [3.05, 3.63) is 77.6 Å². The zero-order valence-corrected chi connectivity index (χ0v) is 24.0. The molecule has 4 aromatic rings. The highest BCUT2D eigenvalue weighted by Gasteiger charge is 2.38. The summed E-state index contributed by atoms with van der Waals surface area (Å²) in [6.45, 7) is 3.61. The third-order valence-corrected chi connectivity index (χ3v) is 9.37. The SMILES string of the molecule is COc1cccc(OC)c1-n1c(CS(=O)(=O)[C@@H]2C[C@@H](c3ccc(F)cc3)CN(C(C)=O)C2)nnc1-c1ccc(C)o1. The molecule has 1 aliphatic heterocycles. The minimum atomic E-state index is -3.89. The number of hydrogen-bond donors (Lipinski definition) is 0. The Hall–Kier alpha value is -4.19. The molecule has 3 heterocycles. The fourth-order valence-electron chi connectivity index (χ4n) is 5.26.